The Morgan fingerprint density at radius 3 is 2.58 bits per heavy atom. The molecule has 24 heavy (non-hydrogen) atoms. The third kappa shape index (κ3) is 6.29. The molecule has 0 unspecified atom stereocenters. The molecule has 0 spiro atoms. The summed E-state index contributed by atoms with van der Waals surface area (Å²) >= 11 is 0. The van der Waals surface area contributed by atoms with Crippen LogP contribution in [0.5, 0.6) is 0 Å². The van der Waals surface area contributed by atoms with Gasteiger partial charge in [-0.05, 0) is 18.4 Å². The van der Waals surface area contributed by atoms with E-state index >= 15 is 0 Å². The molecular formula is C18H27N3O3. The second-order valence-electron chi connectivity index (χ2n) is 6.05. The Labute approximate surface area is 143 Å². The molecule has 1 aliphatic heterocycles. The minimum Gasteiger partial charge on any atom is -0.383 e. The van der Waals surface area contributed by atoms with Crippen LogP contribution in [0.1, 0.15) is 18.4 Å². The monoisotopic (exact) mass is 333 g/mol. The van der Waals surface area contributed by atoms with Gasteiger partial charge >= 0.3 is 0 Å². The summed E-state index contributed by atoms with van der Waals surface area (Å²) in [7, 11) is 1.65. The summed E-state index contributed by atoms with van der Waals surface area (Å²) in [5, 5.41) is 2.74. The Hall–Kier alpha value is -1.92. The van der Waals surface area contributed by atoms with Crippen LogP contribution in [-0.4, -0.2) is 68.1 Å². The number of carbonyl (C=O) groups excluding carboxylic acids is 2. The molecule has 0 saturated carbocycles. The van der Waals surface area contributed by atoms with Gasteiger partial charge < -0.3 is 15.0 Å². The Kier molecular flexibility index (Phi) is 7.71. The average Bonchev–Trinajstić information content (AvgIpc) is 3.13. The normalized spacial score (nSPS) is 14.2. The van der Waals surface area contributed by atoms with Crippen molar-refractivity contribution in [2.24, 2.45) is 0 Å². The van der Waals surface area contributed by atoms with Crippen molar-refractivity contribution in [3.8, 4) is 0 Å². The second kappa shape index (κ2) is 10.1. The van der Waals surface area contributed by atoms with E-state index in [9.17, 15) is 9.59 Å². The number of rotatable bonds is 9. The molecule has 0 radical (unpaired) electrons. The predicted molar refractivity (Wildman–Crippen MR) is 92.4 cm³/mol. The van der Waals surface area contributed by atoms with Gasteiger partial charge in [-0.15, -0.1) is 0 Å². The fourth-order valence-electron chi connectivity index (χ4n) is 2.79. The van der Waals surface area contributed by atoms with Crippen molar-refractivity contribution in [1.29, 1.82) is 0 Å². The first-order valence-corrected chi connectivity index (χ1v) is 8.48. The molecule has 1 aliphatic rings. The third-order valence-corrected chi connectivity index (χ3v) is 4.12. The topological polar surface area (TPSA) is 61.9 Å². The number of methoxy groups -OCH3 is 1. The molecular weight excluding hydrogens is 306 g/mol. The van der Waals surface area contributed by atoms with Crippen molar-refractivity contribution in [1.82, 2.24) is 15.1 Å². The van der Waals surface area contributed by atoms with Crippen LogP contribution in [-0.2, 0) is 20.9 Å². The van der Waals surface area contributed by atoms with E-state index in [4.69, 9.17) is 4.74 Å². The Bertz CT molecular complexity index is 516. The molecule has 1 heterocycles. The molecule has 2 rings (SSSR count). The summed E-state index contributed by atoms with van der Waals surface area (Å²) in [5.41, 5.74) is 1.15. The summed E-state index contributed by atoms with van der Waals surface area (Å²) in [5.74, 6) is -0.123. The molecule has 0 aliphatic carbocycles. The lowest BCUT2D eigenvalue weighted by Gasteiger charge is -2.22. The maximum absolute atomic E-state index is 12.2. The van der Waals surface area contributed by atoms with Gasteiger partial charge in [0.1, 0.15) is 0 Å². The summed E-state index contributed by atoms with van der Waals surface area (Å²) < 4.78 is 5.12. The molecule has 1 aromatic rings. The summed E-state index contributed by atoms with van der Waals surface area (Å²) in [6.45, 7) is 3.86. The lowest BCUT2D eigenvalue weighted by molar-refractivity contribution is -0.132. The Balaban J connectivity index is 1.78. The summed E-state index contributed by atoms with van der Waals surface area (Å²) in [4.78, 5) is 28.0. The minimum atomic E-state index is -0.130. The van der Waals surface area contributed by atoms with Gasteiger partial charge in [-0.25, -0.2) is 0 Å². The van der Waals surface area contributed by atoms with Gasteiger partial charge in [0, 0.05) is 33.3 Å². The van der Waals surface area contributed by atoms with Crippen LogP contribution in [0, 0.1) is 0 Å². The van der Waals surface area contributed by atoms with Crippen molar-refractivity contribution in [2.75, 3.05) is 46.4 Å². The Morgan fingerprint density at radius 1 is 1.21 bits per heavy atom. The average molecular weight is 333 g/mol. The number of benzene rings is 1. The quantitative estimate of drug-likeness (QED) is 0.729. The fourth-order valence-corrected chi connectivity index (χ4v) is 2.79. The first-order valence-electron chi connectivity index (χ1n) is 8.48. The SMILES string of the molecule is COCCN(CC(=O)NCC(=O)N1CCCC1)Cc1ccccc1. The van der Waals surface area contributed by atoms with Crippen LogP contribution in [0.3, 0.4) is 0 Å². The number of hydrogen-bond acceptors (Lipinski definition) is 4. The minimum absolute atomic E-state index is 0.00681. The molecule has 1 fully saturated rings. The number of amides is 2. The van der Waals surface area contributed by atoms with E-state index in [0.29, 0.717) is 19.7 Å². The highest BCUT2D eigenvalue weighted by molar-refractivity contribution is 5.85. The van der Waals surface area contributed by atoms with Gasteiger partial charge in [-0.1, -0.05) is 30.3 Å². The van der Waals surface area contributed by atoms with E-state index in [1.165, 1.54) is 0 Å². The van der Waals surface area contributed by atoms with E-state index in [0.717, 1.165) is 31.5 Å². The van der Waals surface area contributed by atoms with Crippen LogP contribution >= 0.6 is 0 Å². The number of nitrogens with zero attached hydrogens (tertiary/aromatic N) is 2. The van der Waals surface area contributed by atoms with Gasteiger partial charge in [0.15, 0.2) is 0 Å². The predicted octanol–water partition coefficient (Wildman–Crippen LogP) is 0.874. The van der Waals surface area contributed by atoms with Gasteiger partial charge in [0.2, 0.25) is 11.8 Å². The van der Waals surface area contributed by atoms with Gasteiger partial charge in [-0.2, -0.15) is 0 Å². The molecule has 6 heteroatoms. The lowest BCUT2D eigenvalue weighted by atomic mass is 10.2. The van der Waals surface area contributed by atoms with Crippen LogP contribution in [0.2, 0.25) is 0 Å². The first kappa shape index (κ1) is 18.4. The van der Waals surface area contributed by atoms with Crippen molar-refractivity contribution in [2.45, 2.75) is 19.4 Å². The molecule has 132 valence electrons. The Morgan fingerprint density at radius 2 is 1.92 bits per heavy atom. The van der Waals surface area contributed by atoms with E-state index < -0.39 is 0 Å². The van der Waals surface area contributed by atoms with Crippen molar-refractivity contribution < 1.29 is 14.3 Å². The van der Waals surface area contributed by atoms with Gasteiger partial charge in [-0.3, -0.25) is 14.5 Å². The van der Waals surface area contributed by atoms with Crippen molar-refractivity contribution >= 4 is 11.8 Å². The van der Waals surface area contributed by atoms with E-state index in [-0.39, 0.29) is 24.9 Å². The zero-order valence-electron chi connectivity index (χ0n) is 14.4. The van der Waals surface area contributed by atoms with E-state index in [1.807, 2.05) is 40.1 Å². The maximum Gasteiger partial charge on any atom is 0.241 e. The number of ether oxygens (including phenoxy) is 1. The van der Waals surface area contributed by atoms with Crippen LogP contribution < -0.4 is 5.32 Å². The van der Waals surface area contributed by atoms with Crippen LogP contribution in [0.15, 0.2) is 30.3 Å². The smallest absolute Gasteiger partial charge is 0.241 e. The van der Waals surface area contributed by atoms with Crippen LogP contribution in [0.4, 0.5) is 0 Å². The van der Waals surface area contributed by atoms with Gasteiger partial charge in [0.25, 0.3) is 0 Å². The van der Waals surface area contributed by atoms with Crippen molar-refractivity contribution in [3.63, 3.8) is 0 Å². The number of hydrogen-bond donors (Lipinski definition) is 1. The third-order valence-electron chi connectivity index (χ3n) is 4.12. The highest BCUT2D eigenvalue weighted by Crippen LogP contribution is 2.07. The first-order chi connectivity index (χ1) is 11.7. The molecule has 1 N–H and O–H groups in total. The van der Waals surface area contributed by atoms with Crippen LogP contribution in [0.25, 0.3) is 0 Å². The molecule has 0 bridgehead atoms. The molecule has 6 nitrogen and oxygen atoms in total. The zero-order valence-corrected chi connectivity index (χ0v) is 14.4. The molecule has 2 amide bonds. The van der Waals surface area contributed by atoms with Crippen molar-refractivity contribution in [3.05, 3.63) is 35.9 Å². The van der Waals surface area contributed by atoms with E-state index in [2.05, 4.69) is 5.32 Å². The molecule has 1 aromatic carbocycles. The number of likely N-dealkylation sites (tertiary alicyclic amines) is 1. The number of nitrogens with one attached hydrogen (secondary N) is 1. The number of carbonyl (C=O) groups is 2. The van der Waals surface area contributed by atoms with Gasteiger partial charge in [0.05, 0.1) is 19.7 Å². The second-order valence-corrected chi connectivity index (χ2v) is 6.05. The summed E-state index contributed by atoms with van der Waals surface area (Å²) in [6, 6.07) is 10.0. The molecule has 0 atom stereocenters. The van der Waals surface area contributed by atoms with E-state index in [1.54, 1.807) is 7.11 Å². The molecule has 0 aromatic heterocycles. The molecule has 1 saturated heterocycles. The highest BCUT2D eigenvalue weighted by atomic mass is 16.5. The highest BCUT2D eigenvalue weighted by Gasteiger charge is 2.18. The summed E-state index contributed by atoms with van der Waals surface area (Å²) in [6.07, 6.45) is 2.11. The lowest BCUT2D eigenvalue weighted by Crippen LogP contribution is -2.43. The standard InChI is InChI=1S/C18H27N3O3/c1-24-12-11-20(14-16-7-3-2-4-8-16)15-17(22)19-13-18(23)21-9-5-6-10-21/h2-4,7-8H,5-6,9-15H2,1H3,(H,19,22). The largest absolute Gasteiger partial charge is 0.383 e. The maximum atomic E-state index is 12.2. The zero-order chi connectivity index (χ0) is 17.2. The fraction of sp³-hybridized carbons (Fsp3) is 0.556.